The van der Waals surface area contributed by atoms with Crippen molar-refractivity contribution in [3.63, 3.8) is 0 Å². The molecule has 1 saturated heterocycles. The fourth-order valence-corrected chi connectivity index (χ4v) is 1.85. The van der Waals surface area contributed by atoms with Gasteiger partial charge in [-0.15, -0.1) is 0 Å². The lowest BCUT2D eigenvalue weighted by Crippen LogP contribution is -2.50. The summed E-state index contributed by atoms with van der Waals surface area (Å²) in [5, 5.41) is 3.29. The fourth-order valence-electron chi connectivity index (χ4n) is 1.85. The zero-order chi connectivity index (χ0) is 12.0. The maximum atomic E-state index is 11.8. The number of esters is 1. The van der Waals surface area contributed by atoms with E-state index >= 15 is 0 Å². The molecule has 1 heterocycles. The zero-order valence-corrected chi connectivity index (χ0v) is 10.5. The van der Waals surface area contributed by atoms with Crippen LogP contribution in [0, 0.1) is 0 Å². The van der Waals surface area contributed by atoms with Crippen LogP contribution in [0.4, 0.5) is 0 Å². The Labute approximate surface area is 97.7 Å². The number of carbonyl (C=O) groups excluding carboxylic acids is 1. The van der Waals surface area contributed by atoms with E-state index < -0.39 is 0 Å². The predicted molar refractivity (Wildman–Crippen MR) is 62.3 cm³/mol. The van der Waals surface area contributed by atoms with Crippen molar-refractivity contribution in [1.82, 2.24) is 5.32 Å². The van der Waals surface area contributed by atoms with Crippen LogP contribution in [0.1, 0.15) is 40.0 Å². The van der Waals surface area contributed by atoms with Crippen molar-refractivity contribution in [2.45, 2.75) is 58.2 Å². The highest BCUT2D eigenvalue weighted by Gasteiger charge is 2.33. The molecule has 0 radical (unpaired) electrons. The molecule has 3 atom stereocenters. The van der Waals surface area contributed by atoms with Gasteiger partial charge in [0.25, 0.3) is 0 Å². The third kappa shape index (κ3) is 3.76. The maximum Gasteiger partial charge on any atom is 0.325 e. The van der Waals surface area contributed by atoms with Crippen LogP contribution in [0.3, 0.4) is 0 Å². The quantitative estimate of drug-likeness (QED) is 0.701. The summed E-state index contributed by atoms with van der Waals surface area (Å²) in [6.45, 7) is 7.16. The van der Waals surface area contributed by atoms with E-state index in [1.807, 2.05) is 6.92 Å². The summed E-state index contributed by atoms with van der Waals surface area (Å²) in [5.74, 6) is -0.185. The number of hydrogen-bond acceptors (Lipinski definition) is 4. The molecule has 1 fully saturated rings. The summed E-state index contributed by atoms with van der Waals surface area (Å²) in [6, 6.07) is -0.00370. The first-order valence-corrected chi connectivity index (χ1v) is 6.23. The molecule has 4 heteroatoms. The van der Waals surface area contributed by atoms with Crippen LogP contribution in [0.5, 0.6) is 0 Å². The monoisotopic (exact) mass is 229 g/mol. The van der Waals surface area contributed by atoms with Crippen LogP contribution in [0.2, 0.25) is 0 Å². The van der Waals surface area contributed by atoms with Crippen LogP contribution in [-0.4, -0.2) is 37.4 Å². The number of rotatable bonds is 6. The first kappa shape index (κ1) is 13.5. The van der Waals surface area contributed by atoms with E-state index in [1.165, 1.54) is 0 Å². The van der Waals surface area contributed by atoms with Gasteiger partial charge in [-0.2, -0.15) is 0 Å². The Kier molecular flexibility index (Phi) is 5.77. The molecular formula is C12H23NO3. The summed E-state index contributed by atoms with van der Waals surface area (Å²) in [7, 11) is 0. The highest BCUT2D eigenvalue weighted by molar-refractivity contribution is 5.76. The average molecular weight is 229 g/mol. The Morgan fingerprint density at radius 2 is 2.31 bits per heavy atom. The van der Waals surface area contributed by atoms with Crippen molar-refractivity contribution in [2.24, 2.45) is 0 Å². The maximum absolute atomic E-state index is 11.8. The van der Waals surface area contributed by atoms with Gasteiger partial charge in [-0.05, 0) is 33.1 Å². The molecule has 0 bridgehead atoms. The molecule has 0 aromatic rings. The molecule has 16 heavy (non-hydrogen) atoms. The Morgan fingerprint density at radius 3 is 2.81 bits per heavy atom. The molecule has 0 spiro atoms. The van der Waals surface area contributed by atoms with Gasteiger partial charge in [0, 0.05) is 12.6 Å². The number of hydrogen-bond donors (Lipinski definition) is 1. The summed E-state index contributed by atoms with van der Waals surface area (Å²) in [5.41, 5.74) is 0. The van der Waals surface area contributed by atoms with E-state index in [-0.39, 0.29) is 18.1 Å². The molecule has 1 N–H and O–H groups in total. The van der Waals surface area contributed by atoms with Crippen LogP contribution in [0.25, 0.3) is 0 Å². The fraction of sp³-hybridized carbons (Fsp3) is 0.917. The van der Waals surface area contributed by atoms with Gasteiger partial charge in [-0.1, -0.05) is 6.92 Å². The smallest absolute Gasteiger partial charge is 0.325 e. The molecule has 0 amide bonds. The Bertz CT molecular complexity index is 214. The predicted octanol–water partition coefficient (Wildman–Crippen LogP) is 1.49. The Hall–Kier alpha value is -0.610. The average Bonchev–Trinajstić information content (AvgIpc) is 2.78. The molecule has 3 unspecified atom stereocenters. The largest absolute Gasteiger partial charge is 0.465 e. The standard InChI is InChI=1S/C12H23NO3/c1-4-9(3)13-11(12(14)15-5-2)10-7-6-8-16-10/h9-11,13H,4-8H2,1-3H3. The molecule has 1 aliphatic heterocycles. The molecule has 1 rings (SSSR count). The molecule has 0 aromatic heterocycles. The van der Waals surface area contributed by atoms with Gasteiger partial charge in [0.1, 0.15) is 6.04 Å². The highest BCUT2D eigenvalue weighted by atomic mass is 16.5. The minimum Gasteiger partial charge on any atom is -0.465 e. The number of carbonyl (C=O) groups is 1. The first-order valence-electron chi connectivity index (χ1n) is 6.23. The van der Waals surface area contributed by atoms with E-state index in [9.17, 15) is 4.79 Å². The lowest BCUT2D eigenvalue weighted by Gasteiger charge is -2.25. The highest BCUT2D eigenvalue weighted by Crippen LogP contribution is 2.17. The van der Waals surface area contributed by atoms with Crippen molar-refractivity contribution in [3.05, 3.63) is 0 Å². The van der Waals surface area contributed by atoms with Gasteiger partial charge < -0.3 is 9.47 Å². The number of nitrogens with one attached hydrogen (secondary N) is 1. The SMILES string of the molecule is CCOC(=O)C(NC(C)CC)C1CCCO1. The van der Waals surface area contributed by atoms with Crippen LogP contribution < -0.4 is 5.32 Å². The van der Waals surface area contributed by atoms with Gasteiger partial charge in [0.2, 0.25) is 0 Å². The van der Waals surface area contributed by atoms with E-state index in [2.05, 4.69) is 19.2 Å². The topological polar surface area (TPSA) is 47.6 Å². The summed E-state index contributed by atoms with van der Waals surface area (Å²) in [4.78, 5) is 11.8. The van der Waals surface area contributed by atoms with Gasteiger partial charge in [0.15, 0.2) is 0 Å². The van der Waals surface area contributed by atoms with Crippen molar-refractivity contribution >= 4 is 5.97 Å². The molecule has 0 aliphatic carbocycles. The zero-order valence-electron chi connectivity index (χ0n) is 10.5. The first-order chi connectivity index (χ1) is 7.69. The summed E-state index contributed by atoms with van der Waals surface area (Å²) < 4.78 is 10.6. The molecule has 0 aromatic carbocycles. The normalized spacial score (nSPS) is 24.1. The molecular weight excluding hydrogens is 206 g/mol. The second-order valence-electron chi connectivity index (χ2n) is 4.26. The molecule has 4 nitrogen and oxygen atoms in total. The van der Waals surface area contributed by atoms with Gasteiger partial charge in [-0.3, -0.25) is 10.1 Å². The van der Waals surface area contributed by atoms with Crippen molar-refractivity contribution < 1.29 is 14.3 Å². The van der Waals surface area contributed by atoms with E-state index in [1.54, 1.807) is 0 Å². The van der Waals surface area contributed by atoms with Crippen molar-refractivity contribution in [1.29, 1.82) is 0 Å². The lowest BCUT2D eigenvalue weighted by molar-refractivity contribution is -0.149. The van der Waals surface area contributed by atoms with E-state index in [4.69, 9.17) is 9.47 Å². The van der Waals surface area contributed by atoms with Gasteiger partial charge in [0.05, 0.1) is 12.7 Å². The van der Waals surface area contributed by atoms with Crippen LogP contribution >= 0.6 is 0 Å². The number of ether oxygens (including phenoxy) is 2. The second kappa shape index (κ2) is 6.86. The van der Waals surface area contributed by atoms with Crippen molar-refractivity contribution in [3.8, 4) is 0 Å². The van der Waals surface area contributed by atoms with Crippen molar-refractivity contribution in [2.75, 3.05) is 13.2 Å². The lowest BCUT2D eigenvalue weighted by atomic mass is 10.1. The van der Waals surface area contributed by atoms with Crippen LogP contribution in [0.15, 0.2) is 0 Å². The molecule has 1 aliphatic rings. The summed E-state index contributed by atoms with van der Waals surface area (Å²) >= 11 is 0. The minimum atomic E-state index is -0.308. The Morgan fingerprint density at radius 1 is 1.56 bits per heavy atom. The van der Waals surface area contributed by atoms with E-state index in [0.717, 1.165) is 25.9 Å². The van der Waals surface area contributed by atoms with Gasteiger partial charge in [-0.25, -0.2) is 0 Å². The Balaban J connectivity index is 2.56. The third-order valence-corrected chi connectivity index (χ3v) is 2.95. The third-order valence-electron chi connectivity index (χ3n) is 2.95. The van der Waals surface area contributed by atoms with Crippen LogP contribution in [-0.2, 0) is 14.3 Å². The summed E-state index contributed by atoms with van der Waals surface area (Å²) in [6.07, 6.45) is 2.94. The molecule has 94 valence electrons. The van der Waals surface area contributed by atoms with E-state index in [0.29, 0.717) is 12.6 Å². The molecule has 0 saturated carbocycles. The second-order valence-corrected chi connectivity index (χ2v) is 4.26. The minimum absolute atomic E-state index is 0.0203. The van der Waals surface area contributed by atoms with Gasteiger partial charge >= 0.3 is 5.97 Å².